The van der Waals surface area contributed by atoms with Gasteiger partial charge in [-0.1, -0.05) is 19.1 Å². The van der Waals surface area contributed by atoms with Crippen LogP contribution in [0.25, 0.3) is 0 Å². The molecule has 1 aromatic carbocycles. The Morgan fingerprint density at radius 2 is 2.11 bits per heavy atom. The van der Waals surface area contributed by atoms with E-state index in [4.69, 9.17) is 4.74 Å². The second-order valence-electron chi connectivity index (χ2n) is 4.54. The molecule has 2 rings (SSSR count). The summed E-state index contributed by atoms with van der Waals surface area (Å²) in [5.41, 5.74) is 2.07. The first-order valence-electron chi connectivity index (χ1n) is 6.68. The highest BCUT2D eigenvalue weighted by molar-refractivity contribution is 5.48. The summed E-state index contributed by atoms with van der Waals surface area (Å²) in [6.45, 7) is 4.91. The lowest BCUT2D eigenvalue weighted by molar-refractivity contribution is 0.217. The van der Waals surface area contributed by atoms with E-state index in [9.17, 15) is 0 Å². The molecule has 0 spiro atoms. The third kappa shape index (κ3) is 4.28. The van der Waals surface area contributed by atoms with Crippen LogP contribution < -0.4 is 10.1 Å². The standard InChI is InChI=1S/C16H20N2O/c1-3-13(2)19-16-9-6-8-14(11-16)18-12-15-7-4-5-10-17-15/h4-11,13,18H,3,12H2,1-2H3. The molecule has 1 aromatic heterocycles. The van der Waals surface area contributed by atoms with Crippen LogP contribution >= 0.6 is 0 Å². The van der Waals surface area contributed by atoms with Crippen LogP contribution in [0.15, 0.2) is 48.7 Å². The van der Waals surface area contributed by atoms with Gasteiger partial charge >= 0.3 is 0 Å². The Morgan fingerprint density at radius 3 is 2.84 bits per heavy atom. The fourth-order valence-electron chi connectivity index (χ4n) is 1.69. The Bertz CT molecular complexity index is 499. The van der Waals surface area contributed by atoms with E-state index in [-0.39, 0.29) is 6.10 Å². The summed E-state index contributed by atoms with van der Waals surface area (Å²) in [4.78, 5) is 4.28. The van der Waals surface area contributed by atoms with Crippen LogP contribution in [0, 0.1) is 0 Å². The molecule has 0 bridgehead atoms. The van der Waals surface area contributed by atoms with Crippen LogP contribution in [-0.4, -0.2) is 11.1 Å². The van der Waals surface area contributed by atoms with Gasteiger partial charge in [-0.25, -0.2) is 0 Å². The van der Waals surface area contributed by atoms with Gasteiger partial charge in [-0.05, 0) is 37.6 Å². The quantitative estimate of drug-likeness (QED) is 0.852. The maximum atomic E-state index is 5.80. The Kier molecular flexibility index (Phi) is 4.78. The topological polar surface area (TPSA) is 34.1 Å². The second kappa shape index (κ2) is 6.78. The van der Waals surface area contributed by atoms with Gasteiger partial charge in [0.2, 0.25) is 0 Å². The first-order chi connectivity index (χ1) is 9.28. The molecule has 0 amide bonds. The monoisotopic (exact) mass is 256 g/mol. The van der Waals surface area contributed by atoms with Gasteiger partial charge < -0.3 is 10.1 Å². The van der Waals surface area contributed by atoms with Crippen LogP contribution in [0.2, 0.25) is 0 Å². The fourth-order valence-corrected chi connectivity index (χ4v) is 1.69. The maximum Gasteiger partial charge on any atom is 0.121 e. The predicted molar refractivity (Wildman–Crippen MR) is 78.4 cm³/mol. The van der Waals surface area contributed by atoms with Crippen LogP contribution in [0.3, 0.4) is 0 Å². The minimum absolute atomic E-state index is 0.242. The Balaban J connectivity index is 1.95. The number of anilines is 1. The molecule has 19 heavy (non-hydrogen) atoms. The summed E-state index contributed by atoms with van der Waals surface area (Å²) in [6, 6.07) is 14.0. The van der Waals surface area contributed by atoms with Gasteiger partial charge in [-0.15, -0.1) is 0 Å². The molecule has 1 atom stereocenters. The van der Waals surface area contributed by atoms with Crippen LogP contribution in [0.5, 0.6) is 5.75 Å². The lowest BCUT2D eigenvalue weighted by atomic mass is 10.2. The molecule has 3 heteroatoms. The third-order valence-electron chi connectivity index (χ3n) is 2.95. The second-order valence-corrected chi connectivity index (χ2v) is 4.54. The highest BCUT2D eigenvalue weighted by atomic mass is 16.5. The normalized spacial score (nSPS) is 11.9. The molecule has 100 valence electrons. The van der Waals surface area contributed by atoms with Crippen LogP contribution in [0.4, 0.5) is 5.69 Å². The van der Waals surface area contributed by atoms with Gasteiger partial charge in [0.25, 0.3) is 0 Å². The highest BCUT2D eigenvalue weighted by Crippen LogP contribution is 2.19. The molecule has 0 aliphatic rings. The SMILES string of the molecule is CCC(C)Oc1cccc(NCc2ccccn2)c1. The Labute approximate surface area is 114 Å². The van der Waals surface area contributed by atoms with Crippen molar-refractivity contribution in [3.05, 3.63) is 54.4 Å². The molecular weight excluding hydrogens is 236 g/mol. The third-order valence-corrected chi connectivity index (χ3v) is 2.95. The van der Waals surface area contributed by atoms with Crippen LogP contribution in [0.1, 0.15) is 26.0 Å². The minimum atomic E-state index is 0.242. The van der Waals surface area contributed by atoms with Gasteiger partial charge in [-0.3, -0.25) is 4.98 Å². The number of hydrogen-bond donors (Lipinski definition) is 1. The zero-order valence-electron chi connectivity index (χ0n) is 11.5. The van der Waals surface area contributed by atoms with E-state index in [0.717, 1.165) is 23.6 Å². The van der Waals surface area contributed by atoms with Gasteiger partial charge in [0.1, 0.15) is 5.75 Å². The van der Waals surface area contributed by atoms with E-state index < -0.39 is 0 Å². The van der Waals surface area contributed by atoms with Gasteiger partial charge in [0.15, 0.2) is 0 Å². The average molecular weight is 256 g/mol. The first kappa shape index (κ1) is 13.4. The lowest BCUT2D eigenvalue weighted by Gasteiger charge is -2.14. The van der Waals surface area contributed by atoms with E-state index in [2.05, 4.69) is 24.1 Å². The summed E-state index contributed by atoms with van der Waals surface area (Å²) in [6.07, 6.45) is 3.05. The summed E-state index contributed by atoms with van der Waals surface area (Å²) in [7, 11) is 0. The molecule has 1 heterocycles. The summed E-state index contributed by atoms with van der Waals surface area (Å²) < 4.78 is 5.80. The van der Waals surface area contributed by atoms with Crippen molar-refractivity contribution < 1.29 is 4.74 Å². The van der Waals surface area contributed by atoms with Crippen molar-refractivity contribution in [1.29, 1.82) is 0 Å². The summed E-state index contributed by atoms with van der Waals surface area (Å²) in [5, 5.41) is 3.35. The number of nitrogens with one attached hydrogen (secondary N) is 1. The number of ether oxygens (including phenoxy) is 1. The van der Waals surface area contributed by atoms with E-state index in [0.29, 0.717) is 6.54 Å². The minimum Gasteiger partial charge on any atom is -0.491 e. The number of aromatic nitrogens is 1. The van der Waals surface area contributed by atoms with Crippen molar-refractivity contribution in [2.75, 3.05) is 5.32 Å². The van der Waals surface area contributed by atoms with Crippen LogP contribution in [-0.2, 0) is 6.54 Å². The molecule has 0 aliphatic carbocycles. The van der Waals surface area contributed by atoms with Crippen molar-refractivity contribution in [2.45, 2.75) is 32.9 Å². The van der Waals surface area contributed by atoms with Gasteiger partial charge in [0, 0.05) is 18.0 Å². The largest absolute Gasteiger partial charge is 0.491 e. The van der Waals surface area contributed by atoms with E-state index in [1.165, 1.54) is 0 Å². The maximum absolute atomic E-state index is 5.80. The molecule has 2 aromatic rings. The molecule has 1 unspecified atom stereocenters. The molecule has 0 fully saturated rings. The number of hydrogen-bond acceptors (Lipinski definition) is 3. The van der Waals surface area contributed by atoms with Gasteiger partial charge in [-0.2, -0.15) is 0 Å². The van der Waals surface area contributed by atoms with E-state index in [1.54, 1.807) is 6.20 Å². The zero-order valence-corrected chi connectivity index (χ0v) is 11.5. The lowest BCUT2D eigenvalue weighted by Crippen LogP contribution is -2.09. The smallest absolute Gasteiger partial charge is 0.121 e. The van der Waals surface area contributed by atoms with Crippen molar-refractivity contribution in [3.63, 3.8) is 0 Å². The molecule has 0 saturated heterocycles. The molecule has 1 N–H and O–H groups in total. The van der Waals surface area contributed by atoms with E-state index in [1.807, 2.05) is 42.5 Å². The zero-order chi connectivity index (χ0) is 13.5. The highest BCUT2D eigenvalue weighted by Gasteiger charge is 2.02. The molecular formula is C16H20N2O. The van der Waals surface area contributed by atoms with Crippen molar-refractivity contribution in [2.24, 2.45) is 0 Å². The fraction of sp³-hybridized carbons (Fsp3) is 0.312. The summed E-state index contributed by atoms with van der Waals surface area (Å²) in [5.74, 6) is 0.903. The van der Waals surface area contributed by atoms with E-state index >= 15 is 0 Å². The summed E-state index contributed by atoms with van der Waals surface area (Å²) >= 11 is 0. The Morgan fingerprint density at radius 1 is 1.21 bits per heavy atom. The molecule has 0 radical (unpaired) electrons. The van der Waals surface area contributed by atoms with Crippen molar-refractivity contribution >= 4 is 5.69 Å². The van der Waals surface area contributed by atoms with Gasteiger partial charge in [0.05, 0.1) is 18.3 Å². The molecule has 0 aliphatic heterocycles. The Hall–Kier alpha value is -2.03. The number of nitrogens with zero attached hydrogens (tertiary/aromatic N) is 1. The average Bonchev–Trinajstić information content (AvgIpc) is 2.46. The number of pyridine rings is 1. The number of benzene rings is 1. The number of rotatable bonds is 6. The predicted octanol–water partition coefficient (Wildman–Crippen LogP) is 3.87. The first-order valence-corrected chi connectivity index (χ1v) is 6.68. The molecule has 3 nitrogen and oxygen atoms in total. The van der Waals surface area contributed by atoms with Crippen molar-refractivity contribution in [1.82, 2.24) is 4.98 Å². The van der Waals surface area contributed by atoms with Crippen molar-refractivity contribution in [3.8, 4) is 5.75 Å². The molecule has 0 saturated carbocycles.